The maximum Gasteiger partial charge on any atom is 0.270 e. The average molecular weight is 328 g/mol. The molecule has 104 valence electrons. The third-order valence-corrected chi connectivity index (χ3v) is 3.94. The molecule has 1 aromatic rings. The molecule has 0 spiro atoms. The van der Waals surface area contributed by atoms with Gasteiger partial charge < -0.3 is 15.6 Å². The van der Waals surface area contributed by atoms with Crippen molar-refractivity contribution in [2.24, 2.45) is 11.7 Å². The molecule has 6 heteroatoms. The molecule has 1 fully saturated rings. The lowest BCUT2D eigenvalue weighted by molar-refractivity contribution is -0.118. The van der Waals surface area contributed by atoms with E-state index in [0.29, 0.717) is 24.6 Å². The molecule has 0 aliphatic carbocycles. The van der Waals surface area contributed by atoms with Crippen LogP contribution in [0.4, 0.5) is 0 Å². The first-order valence-corrected chi connectivity index (χ1v) is 7.27. The van der Waals surface area contributed by atoms with Crippen LogP contribution in [0, 0.1) is 5.92 Å². The smallest absolute Gasteiger partial charge is 0.270 e. The van der Waals surface area contributed by atoms with Crippen molar-refractivity contribution in [2.75, 3.05) is 13.1 Å². The Morgan fingerprint density at radius 1 is 1.53 bits per heavy atom. The summed E-state index contributed by atoms with van der Waals surface area (Å²) in [5.41, 5.74) is 5.77. The number of aromatic nitrogens is 1. The normalized spacial score (nSPS) is 19.4. The fraction of sp³-hybridized carbons (Fsp3) is 0.538. The van der Waals surface area contributed by atoms with Gasteiger partial charge >= 0.3 is 0 Å². The van der Waals surface area contributed by atoms with E-state index in [1.807, 2.05) is 4.90 Å². The summed E-state index contributed by atoms with van der Waals surface area (Å²) >= 11 is 3.32. The molecule has 0 radical (unpaired) electrons. The van der Waals surface area contributed by atoms with Crippen molar-refractivity contribution in [2.45, 2.75) is 25.7 Å². The number of primary amides is 1. The zero-order valence-corrected chi connectivity index (χ0v) is 12.3. The minimum atomic E-state index is -0.267. The Morgan fingerprint density at radius 3 is 2.95 bits per heavy atom. The van der Waals surface area contributed by atoms with Gasteiger partial charge in [0.1, 0.15) is 5.69 Å². The van der Waals surface area contributed by atoms with Gasteiger partial charge in [0.2, 0.25) is 5.91 Å². The van der Waals surface area contributed by atoms with Crippen molar-refractivity contribution in [1.82, 2.24) is 9.88 Å². The summed E-state index contributed by atoms with van der Waals surface area (Å²) in [6.45, 7) is 1.49. The minimum Gasteiger partial charge on any atom is -0.370 e. The number of nitrogens with two attached hydrogens (primary N) is 1. The number of rotatable bonds is 4. The number of aromatic amines is 1. The number of likely N-dealkylation sites (tertiary alicyclic amines) is 1. The molecule has 1 atom stereocenters. The fourth-order valence-electron chi connectivity index (χ4n) is 2.49. The molecule has 0 bridgehead atoms. The summed E-state index contributed by atoms with van der Waals surface area (Å²) in [6.07, 6.45) is 4.97. The van der Waals surface area contributed by atoms with Crippen molar-refractivity contribution in [3.05, 3.63) is 22.4 Å². The van der Waals surface area contributed by atoms with Crippen LogP contribution in [0.3, 0.4) is 0 Å². The molecule has 2 heterocycles. The lowest BCUT2D eigenvalue weighted by atomic mass is 9.93. The highest BCUT2D eigenvalue weighted by Gasteiger charge is 2.25. The van der Waals surface area contributed by atoms with Gasteiger partial charge in [-0.1, -0.05) is 0 Å². The van der Waals surface area contributed by atoms with Gasteiger partial charge in [-0.3, -0.25) is 9.59 Å². The topological polar surface area (TPSA) is 79.2 Å². The Balaban J connectivity index is 1.93. The van der Waals surface area contributed by atoms with Crippen LogP contribution in [0.1, 0.15) is 36.2 Å². The number of hydrogen-bond acceptors (Lipinski definition) is 2. The Morgan fingerprint density at radius 2 is 2.32 bits per heavy atom. The standard InChI is InChI=1S/C13H18BrN3O2/c14-10-6-11(16-7-10)13(19)17-5-1-2-9(8-17)3-4-12(15)18/h6-7,9,16H,1-5,8H2,(H2,15,18). The lowest BCUT2D eigenvalue weighted by Gasteiger charge is -2.32. The zero-order chi connectivity index (χ0) is 13.8. The number of amides is 2. The van der Waals surface area contributed by atoms with E-state index in [0.717, 1.165) is 30.3 Å². The Kier molecular flexibility index (Phi) is 4.63. The summed E-state index contributed by atoms with van der Waals surface area (Å²) in [6, 6.07) is 1.79. The van der Waals surface area contributed by atoms with Crippen molar-refractivity contribution in [3.63, 3.8) is 0 Å². The summed E-state index contributed by atoms with van der Waals surface area (Å²) in [7, 11) is 0. The zero-order valence-electron chi connectivity index (χ0n) is 10.7. The van der Waals surface area contributed by atoms with Crippen molar-refractivity contribution in [3.8, 4) is 0 Å². The number of piperidine rings is 1. The lowest BCUT2D eigenvalue weighted by Crippen LogP contribution is -2.40. The molecule has 2 amide bonds. The maximum absolute atomic E-state index is 12.3. The van der Waals surface area contributed by atoms with Crippen LogP contribution in [-0.2, 0) is 4.79 Å². The monoisotopic (exact) mass is 327 g/mol. The van der Waals surface area contributed by atoms with E-state index in [-0.39, 0.29) is 11.8 Å². The van der Waals surface area contributed by atoms with E-state index < -0.39 is 0 Å². The molecule has 0 aromatic carbocycles. The van der Waals surface area contributed by atoms with Gasteiger partial charge in [0.05, 0.1) is 0 Å². The molecule has 0 saturated carbocycles. The second-order valence-electron chi connectivity index (χ2n) is 5.00. The van der Waals surface area contributed by atoms with Gasteiger partial charge in [0.25, 0.3) is 5.91 Å². The average Bonchev–Trinajstić information content (AvgIpc) is 2.82. The van der Waals surface area contributed by atoms with Crippen LogP contribution in [-0.4, -0.2) is 34.8 Å². The second kappa shape index (κ2) is 6.23. The molecule has 3 N–H and O–H groups in total. The van der Waals surface area contributed by atoms with Crippen LogP contribution in [0.2, 0.25) is 0 Å². The maximum atomic E-state index is 12.3. The second-order valence-corrected chi connectivity index (χ2v) is 5.91. The van der Waals surface area contributed by atoms with E-state index in [9.17, 15) is 9.59 Å². The van der Waals surface area contributed by atoms with Crippen LogP contribution in [0.15, 0.2) is 16.7 Å². The van der Waals surface area contributed by atoms with Crippen LogP contribution >= 0.6 is 15.9 Å². The number of carbonyl (C=O) groups excluding carboxylic acids is 2. The van der Waals surface area contributed by atoms with Gasteiger partial charge in [-0.15, -0.1) is 0 Å². The van der Waals surface area contributed by atoms with E-state index >= 15 is 0 Å². The number of H-pyrrole nitrogens is 1. The number of carbonyl (C=O) groups is 2. The SMILES string of the molecule is NC(=O)CCC1CCCN(C(=O)c2cc(Br)c[nH]2)C1. The van der Waals surface area contributed by atoms with Gasteiger partial charge in [-0.25, -0.2) is 0 Å². The van der Waals surface area contributed by atoms with Gasteiger partial charge in [-0.2, -0.15) is 0 Å². The largest absolute Gasteiger partial charge is 0.370 e. The summed E-state index contributed by atoms with van der Waals surface area (Å²) in [5, 5.41) is 0. The van der Waals surface area contributed by atoms with Crippen molar-refractivity contribution in [1.29, 1.82) is 0 Å². The fourth-order valence-corrected chi connectivity index (χ4v) is 2.84. The number of nitrogens with one attached hydrogen (secondary N) is 1. The predicted molar refractivity (Wildman–Crippen MR) is 75.5 cm³/mol. The molecule has 1 aromatic heterocycles. The third-order valence-electron chi connectivity index (χ3n) is 3.48. The highest BCUT2D eigenvalue weighted by molar-refractivity contribution is 9.10. The summed E-state index contributed by atoms with van der Waals surface area (Å²) < 4.78 is 0.873. The molecule has 5 nitrogen and oxygen atoms in total. The van der Waals surface area contributed by atoms with Crippen molar-refractivity contribution >= 4 is 27.7 Å². The first-order chi connectivity index (χ1) is 9.06. The Bertz CT molecular complexity index is 472. The quantitative estimate of drug-likeness (QED) is 0.885. The van der Waals surface area contributed by atoms with E-state index in [4.69, 9.17) is 5.73 Å². The Hall–Kier alpha value is -1.30. The molecule has 1 unspecified atom stereocenters. The molecule has 1 saturated heterocycles. The molecule has 1 aliphatic heterocycles. The summed E-state index contributed by atoms with van der Waals surface area (Å²) in [5.74, 6) is 0.134. The molecular weight excluding hydrogens is 310 g/mol. The molecule has 1 aliphatic rings. The summed E-state index contributed by atoms with van der Waals surface area (Å²) in [4.78, 5) is 27.9. The van der Waals surface area contributed by atoms with Gasteiger partial charge in [0.15, 0.2) is 0 Å². The van der Waals surface area contributed by atoms with Gasteiger partial charge in [0, 0.05) is 30.2 Å². The highest BCUT2D eigenvalue weighted by atomic mass is 79.9. The Labute approximate surface area is 120 Å². The number of hydrogen-bond donors (Lipinski definition) is 2. The van der Waals surface area contributed by atoms with E-state index in [1.54, 1.807) is 12.3 Å². The van der Waals surface area contributed by atoms with Crippen LogP contribution < -0.4 is 5.73 Å². The minimum absolute atomic E-state index is 0.0227. The van der Waals surface area contributed by atoms with Crippen LogP contribution in [0.5, 0.6) is 0 Å². The van der Waals surface area contributed by atoms with E-state index in [2.05, 4.69) is 20.9 Å². The third kappa shape index (κ3) is 3.83. The van der Waals surface area contributed by atoms with Crippen molar-refractivity contribution < 1.29 is 9.59 Å². The van der Waals surface area contributed by atoms with E-state index in [1.165, 1.54) is 0 Å². The number of nitrogens with zero attached hydrogens (tertiary/aromatic N) is 1. The van der Waals surface area contributed by atoms with Gasteiger partial charge in [-0.05, 0) is 47.2 Å². The molecule has 19 heavy (non-hydrogen) atoms. The van der Waals surface area contributed by atoms with Crippen LogP contribution in [0.25, 0.3) is 0 Å². The predicted octanol–water partition coefficient (Wildman–Crippen LogP) is 1.89. The molecular formula is C13H18BrN3O2. The number of halogens is 1. The first-order valence-electron chi connectivity index (χ1n) is 6.47. The molecule has 2 rings (SSSR count). The highest BCUT2D eigenvalue weighted by Crippen LogP contribution is 2.22. The first kappa shape index (κ1) is 14.1.